The highest BCUT2D eigenvalue weighted by Crippen LogP contribution is 2.31. The minimum Gasteiger partial charge on any atom is -0.463 e. The number of amides is 1. The molecule has 6 rings (SSSR count). The van der Waals surface area contributed by atoms with Crippen molar-refractivity contribution >= 4 is 39.1 Å². The lowest BCUT2D eigenvalue weighted by Crippen LogP contribution is -2.43. The molecule has 11 heteroatoms. The summed E-state index contributed by atoms with van der Waals surface area (Å²) in [6.07, 6.45) is 4.49. The van der Waals surface area contributed by atoms with Crippen LogP contribution in [0.15, 0.2) is 36.7 Å². The fourth-order valence-corrected chi connectivity index (χ4v) is 5.06. The second-order valence-electron chi connectivity index (χ2n) is 9.61. The number of hydrogen-bond acceptors (Lipinski definition) is 8. The first-order valence-electron chi connectivity index (χ1n) is 12.6. The Labute approximate surface area is 213 Å². The largest absolute Gasteiger partial charge is 0.463 e. The first kappa shape index (κ1) is 23.6. The number of hydrogen-bond donors (Lipinski definition) is 3. The Kier molecular flexibility index (Phi) is 6.31. The molecule has 2 aromatic heterocycles. The number of carbonyl (C=O) groups is 1. The monoisotopic (exact) mass is 504 g/mol. The number of fused-ring (bicyclic) bond motifs is 2. The molecule has 0 bridgehead atoms. The van der Waals surface area contributed by atoms with E-state index in [9.17, 15) is 9.18 Å². The number of aromatic nitrogens is 4. The molecule has 2 aromatic carbocycles. The predicted molar refractivity (Wildman–Crippen MR) is 140 cm³/mol. The number of anilines is 2. The van der Waals surface area contributed by atoms with Gasteiger partial charge in [0.15, 0.2) is 5.82 Å². The summed E-state index contributed by atoms with van der Waals surface area (Å²) in [5.41, 5.74) is 2.46. The van der Waals surface area contributed by atoms with Crippen LogP contribution in [0, 0.1) is 11.7 Å². The van der Waals surface area contributed by atoms with E-state index in [1.54, 1.807) is 36.3 Å². The third kappa shape index (κ3) is 4.79. The van der Waals surface area contributed by atoms with E-state index < -0.39 is 5.82 Å². The maximum Gasteiger partial charge on any atom is 0.316 e. The Morgan fingerprint density at radius 1 is 1.19 bits per heavy atom. The van der Waals surface area contributed by atoms with Gasteiger partial charge in [0.1, 0.15) is 5.52 Å². The van der Waals surface area contributed by atoms with Gasteiger partial charge in [-0.05, 0) is 37.2 Å². The van der Waals surface area contributed by atoms with Crippen LogP contribution in [-0.4, -0.2) is 71.5 Å². The van der Waals surface area contributed by atoms with Crippen molar-refractivity contribution in [3.63, 3.8) is 0 Å². The number of nitrogens with one attached hydrogen (secondary N) is 3. The summed E-state index contributed by atoms with van der Waals surface area (Å²) in [7, 11) is 1.73. The van der Waals surface area contributed by atoms with Crippen LogP contribution in [0.2, 0.25) is 0 Å². The Balaban J connectivity index is 1.35. The van der Waals surface area contributed by atoms with E-state index >= 15 is 0 Å². The third-order valence-electron chi connectivity index (χ3n) is 6.95. The molecule has 1 atom stereocenters. The molecular weight excluding hydrogens is 475 g/mol. The second kappa shape index (κ2) is 9.91. The van der Waals surface area contributed by atoms with E-state index in [1.807, 2.05) is 6.07 Å². The lowest BCUT2D eigenvalue weighted by Gasteiger charge is -2.30. The van der Waals surface area contributed by atoms with Gasteiger partial charge in [0.25, 0.3) is 5.91 Å². The van der Waals surface area contributed by atoms with E-state index in [4.69, 9.17) is 4.74 Å². The highest BCUT2D eigenvalue weighted by molar-refractivity contribution is 6.14. The lowest BCUT2D eigenvalue weighted by molar-refractivity contribution is 0.102. The number of halogens is 1. The summed E-state index contributed by atoms with van der Waals surface area (Å²) in [6.45, 7) is 5.85. The summed E-state index contributed by atoms with van der Waals surface area (Å²) in [6, 6.07) is 6.94. The average molecular weight is 505 g/mol. The molecular formula is C26H29FN8O2. The molecule has 1 amide bonds. The molecule has 2 fully saturated rings. The Hall–Kier alpha value is -3.83. The zero-order chi connectivity index (χ0) is 25.4. The summed E-state index contributed by atoms with van der Waals surface area (Å²) >= 11 is 0. The number of carbonyl (C=O) groups excluding carboxylic acids is 1. The maximum atomic E-state index is 14.6. The minimum atomic E-state index is -0.494. The minimum absolute atomic E-state index is 0.244. The van der Waals surface area contributed by atoms with Crippen LogP contribution in [0.5, 0.6) is 6.01 Å². The molecule has 192 valence electrons. The SMILES string of the molecule is Cn1cc2cc(NC(=O)c3ccc(N4CCNCC4)c4cnc(OCC5CCNC5)nc34)cc(F)c2n1. The summed E-state index contributed by atoms with van der Waals surface area (Å²) in [5.74, 6) is -0.470. The molecule has 4 heterocycles. The molecule has 0 saturated carbocycles. The highest BCUT2D eigenvalue weighted by Gasteiger charge is 2.21. The quantitative estimate of drug-likeness (QED) is 0.367. The van der Waals surface area contributed by atoms with Gasteiger partial charge in [0, 0.05) is 80.2 Å². The van der Waals surface area contributed by atoms with Gasteiger partial charge >= 0.3 is 6.01 Å². The molecule has 37 heavy (non-hydrogen) atoms. The number of ether oxygens (including phenoxy) is 1. The summed E-state index contributed by atoms with van der Waals surface area (Å²) < 4.78 is 22.1. The molecule has 1 unspecified atom stereocenters. The average Bonchev–Trinajstić information content (AvgIpc) is 3.56. The van der Waals surface area contributed by atoms with Gasteiger partial charge in [-0.25, -0.2) is 9.37 Å². The van der Waals surface area contributed by atoms with Crippen molar-refractivity contribution in [1.29, 1.82) is 0 Å². The van der Waals surface area contributed by atoms with Crippen LogP contribution in [0.25, 0.3) is 21.8 Å². The number of aryl methyl sites for hydroxylation is 1. The fraction of sp³-hybridized carbons (Fsp3) is 0.385. The number of rotatable bonds is 6. The van der Waals surface area contributed by atoms with Crippen molar-refractivity contribution in [2.75, 3.05) is 56.1 Å². The number of piperazine rings is 1. The van der Waals surface area contributed by atoms with Gasteiger partial charge in [-0.2, -0.15) is 10.1 Å². The predicted octanol–water partition coefficient (Wildman–Crippen LogP) is 2.31. The van der Waals surface area contributed by atoms with Gasteiger partial charge in [-0.1, -0.05) is 0 Å². The zero-order valence-corrected chi connectivity index (χ0v) is 20.6. The van der Waals surface area contributed by atoms with Crippen LogP contribution in [0.1, 0.15) is 16.8 Å². The number of benzene rings is 2. The standard InChI is InChI=1S/C26H29FN8O2/c1-34-14-17-10-18(11-21(27)23(17)33-34)31-25(36)19-2-3-22(35-8-6-28-7-9-35)20-13-30-26(32-24(19)20)37-15-16-4-5-29-12-16/h2-3,10-11,13-14,16,28-29H,4-9,12,15H2,1H3,(H,31,36). The Morgan fingerprint density at radius 2 is 2.05 bits per heavy atom. The van der Waals surface area contributed by atoms with Crippen molar-refractivity contribution in [1.82, 2.24) is 30.4 Å². The van der Waals surface area contributed by atoms with Crippen molar-refractivity contribution < 1.29 is 13.9 Å². The third-order valence-corrected chi connectivity index (χ3v) is 6.95. The molecule has 2 aliphatic heterocycles. The van der Waals surface area contributed by atoms with Crippen LogP contribution in [0.4, 0.5) is 15.8 Å². The van der Waals surface area contributed by atoms with Crippen molar-refractivity contribution in [3.05, 3.63) is 48.0 Å². The molecule has 0 spiro atoms. The topological polar surface area (TPSA) is 109 Å². The van der Waals surface area contributed by atoms with Crippen LogP contribution in [-0.2, 0) is 7.05 Å². The summed E-state index contributed by atoms with van der Waals surface area (Å²) in [4.78, 5) is 24.9. The lowest BCUT2D eigenvalue weighted by atomic mass is 10.1. The molecule has 2 aliphatic rings. The van der Waals surface area contributed by atoms with E-state index in [1.165, 1.54) is 6.07 Å². The van der Waals surface area contributed by atoms with Crippen molar-refractivity contribution in [3.8, 4) is 6.01 Å². The Morgan fingerprint density at radius 3 is 2.86 bits per heavy atom. The van der Waals surface area contributed by atoms with Gasteiger partial charge < -0.3 is 25.6 Å². The van der Waals surface area contributed by atoms with E-state index in [-0.39, 0.29) is 17.4 Å². The van der Waals surface area contributed by atoms with Crippen molar-refractivity contribution in [2.24, 2.45) is 13.0 Å². The van der Waals surface area contributed by atoms with Crippen molar-refractivity contribution in [2.45, 2.75) is 6.42 Å². The van der Waals surface area contributed by atoms with Crippen LogP contribution in [0.3, 0.4) is 0 Å². The van der Waals surface area contributed by atoms with Crippen LogP contribution >= 0.6 is 0 Å². The van der Waals surface area contributed by atoms with Gasteiger partial charge in [0.05, 0.1) is 17.7 Å². The number of nitrogens with zero attached hydrogens (tertiary/aromatic N) is 5. The first-order valence-corrected chi connectivity index (χ1v) is 12.6. The molecule has 0 aliphatic carbocycles. The first-order chi connectivity index (χ1) is 18.0. The van der Waals surface area contributed by atoms with E-state index in [0.29, 0.717) is 34.7 Å². The normalized spacial score (nSPS) is 18.0. The molecule has 4 aromatic rings. The molecule has 10 nitrogen and oxygen atoms in total. The van der Waals surface area contributed by atoms with E-state index in [2.05, 4.69) is 35.9 Å². The second-order valence-corrected chi connectivity index (χ2v) is 9.61. The maximum absolute atomic E-state index is 14.6. The molecule has 2 saturated heterocycles. The van der Waals surface area contributed by atoms with Gasteiger partial charge in [-0.3, -0.25) is 9.48 Å². The van der Waals surface area contributed by atoms with E-state index in [0.717, 1.165) is 56.8 Å². The van der Waals surface area contributed by atoms with Gasteiger partial charge in [0.2, 0.25) is 0 Å². The summed E-state index contributed by atoms with van der Waals surface area (Å²) in [5, 5.41) is 15.0. The highest BCUT2D eigenvalue weighted by atomic mass is 19.1. The van der Waals surface area contributed by atoms with Crippen LogP contribution < -0.4 is 25.6 Å². The molecule has 3 N–H and O–H groups in total. The smallest absolute Gasteiger partial charge is 0.316 e. The van der Waals surface area contributed by atoms with Gasteiger partial charge in [-0.15, -0.1) is 0 Å². The zero-order valence-electron chi connectivity index (χ0n) is 20.6. The molecule has 0 radical (unpaired) electrons. The fourth-order valence-electron chi connectivity index (χ4n) is 5.06. The Bertz CT molecular complexity index is 1460.